The molecule has 2 fully saturated rings. The molecule has 0 aromatic heterocycles. The lowest BCUT2D eigenvalue weighted by atomic mass is 9.88. The Morgan fingerprint density at radius 3 is 1.54 bits per heavy atom. The highest BCUT2D eigenvalue weighted by Gasteiger charge is 2.37. The molecule has 2 atom stereocenters. The van der Waals surface area contributed by atoms with Gasteiger partial charge >= 0.3 is 0 Å². The Morgan fingerprint density at radius 2 is 1.13 bits per heavy atom. The molecule has 0 aromatic rings. The number of thiocarbonyl (C=S) groups is 4. The van der Waals surface area contributed by atoms with Gasteiger partial charge in [-0.1, -0.05) is 76.6 Å². The Balaban J connectivity index is 1.07. The smallest absolute Gasteiger partial charge is 0.107 e. The van der Waals surface area contributed by atoms with E-state index in [-0.39, 0.29) is 10.8 Å². The predicted molar refractivity (Wildman–Crippen MR) is 184 cm³/mol. The monoisotopic (exact) mass is 642 g/mol. The number of fused-ring (bicyclic) bond motifs is 2. The first-order valence-corrected chi connectivity index (χ1v) is 17.6. The van der Waals surface area contributed by atoms with Crippen LogP contribution in [0.15, 0.2) is 22.0 Å². The molecule has 4 heterocycles. The van der Waals surface area contributed by atoms with E-state index in [2.05, 4.69) is 49.6 Å². The van der Waals surface area contributed by atoms with E-state index in [0.717, 1.165) is 103 Å². The Hall–Kier alpha value is 0.0600. The normalized spacial score (nSPS) is 23.8. The second-order valence-electron chi connectivity index (χ2n) is 12.4. The minimum atomic E-state index is 0.0697. The van der Waals surface area contributed by atoms with Crippen LogP contribution in [0.2, 0.25) is 0 Å². The van der Waals surface area contributed by atoms with E-state index in [4.69, 9.17) is 58.3 Å². The fraction of sp³-hybridized carbons (Fsp3) is 0.724. The average Bonchev–Trinajstić information content (AvgIpc) is 3.53. The molecule has 0 amide bonds. The van der Waals surface area contributed by atoms with Crippen molar-refractivity contribution in [2.24, 2.45) is 22.7 Å². The molecule has 0 aliphatic carbocycles. The molecule has 10 heteroatoms. The van der Waals surface area contributed by atoms with Gasteiger partial charge in [0.05, 0.1) is 9.98 Å². The first-order chi connectivity index (χ1) is 18.5. The van der Waals surface area contributed by atoms with Gasteiger partial charge in [0, 0.05) is 51.4 Å². The van der Waals surface area contributed by atoms with Gasteiger partial charge in [-0.3, -0.25) is 0 Å². The van der Waals surface area contributed by atoms with Crippen LogP contribution in [0.1, 0.15) is 59.8 Å². The van der Waals surface area contributed by atoms with Gasteiger partial charge in [0.1, 0.15) is 9.98 Å². The molecule has 2 saturated heterocycles. The van der Waals surface area contributed by atoms with Crippen LogP contribution in [0.25, 0.3) is 0 Å². The highest BCUT2D eigenvalue weighted by Crippen LogP contribution is 2.42. The summed E-state index contributed by atoms with van der Waals surface area (Å²) in [7, 11) is 0. The molecule has 0 spiro atoms. The zero-order chi connectivity index (χ0) is 28.2. The maximum absolute atomic E-state index is 5.97. The van der Waals surface area contributed by atoms with E-state index >= 15 is 0 Å². The molecule has 4 aliphatic rings. The Labute approximate surface area is 265 Å². The van der Waals surface area contributed by atoms with Crippen molar-refractivity contribution in [1.82, 2.24) is 9.80 Å². The van der Waals surface area contributed by atoms with Crippen molar-refractivity contribution < 1.29 is 9.47 Å². The van der Waals surface area contributed by atoms with Gasteiger partial charge in [-0.05, 0) is 76.4 Å². The summed E-state index contributed by atoms with van der Waals surface area (Å²) in [6, 6.07) is 0. The van der Waals surface area contributed by atoms with Crippen LogP contribution >= 0.6 is 72.4 Å². The van der Waals surface area contributed by atoms with E-state index in [1.54, 1.807) is 0 Å². The molecule has 0 saturated carbocycles. The number of rotatable bonds is 14. The zero-order valence-electron chi connectivity index (χ0n) is 23.7. The highest BCUT2D eigenvalue weighted by molar-refractivity contribution is 8.03. The molecule has 39 heavy (non-hydrogen) atoms. The van der Waals surface area contributed by atoms with Crippen LogP contribution < -0.4 is 0 Å². The maximum atomic E-state index is 5.97. The number of hydrogen-bond acceptors (Lipinski definition) is 8. The van der Waals surface area contributed by atoms with E-state index in [0.29, 0.717) is 11.8 Å². The summed E-state index contributed by atoms with van der Waals surface area (Å²) in [6.45, 7) is 13.7. The summed E-state index contributed by atoms with van der Waals surface area (Å²) < 4.78 is 11.9. The molecule has 0 radical (unpaired) electrons. The molecule has 4 aliphatic heterocycles. The number of thioether (sulfide) groups is 2. The minimum Gasteiger partial charge on any atom is -0.381 e. The fourth-order valence-corrected chi connectivity index (χ4v) is 9.57. The van der Waals surface area contributed by atoms with Crippen molar-refractivity contribution in [2.45, 2.75) is 59.8 Å². The topological polar surface area (TPSA) is 24.9 Å². The number of ether oxygens (including phenoxy) is 2. The average molecular weight is 643 g/mol. The highest BCUT2D eigenvalue weighted by atomic mass is 32.2. The van der Waals surface area contributed by atoms with Crippen molar-refractivity contribution >= 4 is 92.3 Å². The van der Waals surface area contributed by atoms with Gasteiger partial charge in [-0.25, -0.2) is 0 Å². The van der Waals surface area contributed by atoms with Crippen molar-refractivity contribution in [3.8, 4) is 0 Å². The quantitative estimate of drug-likeness (QED) is 0.140. The molecular weight excluding hydrogens is 601 g/mol. The Bertz CT molecular complexity index is 957. The predicted octanol–water partition coefficient (Wildman–Crippen LogP) is 7.46. The van der Waals surface area contributed by atoms with E-state index in [1.807, 2.05) is 23.5 Å². The minimum absolute atomic E-state index is 0.0697. The standard InChI is InChI=1S/C29H42N2O2S6/c1-28(2,18-30-24(34)16-22-20(26(30)36)6-14-38-22)8-12-32-10-5-11-33-13-9-29(3,4)19-31-25(35)17-23-21(27(31)37)7-15-39-23/h16-17,20-21H,5-15,18-19H2,1-4H3. The van der Waals surface area contributed by atoms with Gasteiger partial charge < -0.3 is 19.3 Å². The molecule has 2 unspecified atom stereocenters. The van der Waals surface area contributed by atoms with E-state index in [1.165, 1.54) is 9.81 Å². The first-order valence-electron chi connectivity index (χ1n) is 14.0. The summed E-state index contributed by atoms with van der Waals surface area (Å²) in [5.41, 5.74) is 0.139. The largest absolute Gasteiger partial charge is 0.381 e. The van der Waals surface area contributed by atoms with Crippen LogP contribution in [0.4, 0.5) is 0 Å². The van der Waals surface area contributed by atoms with Crippen molar-refractivity contribution in [1.29, 1.82) is 0 Å². The maximum Gasteiger partial charge on any atom is 0.107 e. The SMILES string of the molecule is CC(C)(CCOCCCOCCC(C)(C)CN1C(=S)C=C2SCCC2C1=S)CN1C(=S)C=C2SCCC2C1=S. The van der Waals surface area contributed by atoms with Crippen molar-refractivity contribution in [2.75, 3.05) is 51.0 Å². The van der Waals surface area contributed by atoms with Crippen LogP contribution in [-0.2, 0) is 9.47 Å². The van der Waals surface area contributed by atoms with Gasteiger partial charge in [-0.15, -0.1) is 23.5 Å². The molecule has 216 valence electrons. The Morgan fingerprint density at radius 1 is 0.718 bits per heavy atom. The zero-order valence-corrected chi connectivity index (χ0v) is 28.6. The molecule has 0 aromatic carbocycles. The first kappa shape index (κ1) is 32.0. The molecule has 4 nitrogen and oxygen atoms in total. The summed E-state index contributed by atoms with van der Waals surface area (Å²) >= 11 is 26.8. The lowest BCUT2D eigenvalue weighted by Gasteiger charge is -2.38. The lowest BCUT2D eigenvalue weighted by molar-refractivity contribution is 0.0588. The van der Waals surface area contributed by atoms with E-state index < -0.39 is 0 Å². The number of hydrogen-bond donors (Lipinski definition) is 0. The van der Waals surface area contributed by atoms with Crippen molar-refractivity contribution in [3.05, 3.63) is 22.0 Å². The molecule has 0 bridgehead atoms. The second kappa shape index (κ2) is 14.0. The molecular formula is C29H42N2O2S6. The summed E-state index contributed by atoms with van der Waals surface area (Å²) in [4.78, 5) is 10.9. The molecule has 0 N–H and O–H groups in total. The van der Waals surface area contributed by atoms with E-state index in [9.17, 15) is 0 Å². The van der Waals surface area contributed by atoms with Crippen molar-refractivity contribution in [3.63, 3.8) is 0 Å². The second-order valence-corrected chi connectivity index (χ2v) is 16.4. The van der Waals surface area contributed by atoms with Gasteiger partial charge in [-0.2, -0.15) is 0 Å². The van der Waals surface area contributed by atoms with Crippen LogP contribution in [0, 0.1) is 22.7 Å². The van der Waals surface area contributed by atoms with Gasteiger partial charge in [0.15, 0.2) is 0 Å². The Kier molecular flexibility index (Phi) is 11.5. The number of nitrogens with zero attached hydrogens (tertiary/aromatic N) is 2. The van der Waals surface area contributed by atoms with Crippen LogP contribution in [-0.4, -0.2) is 80.8 Å². The fourth-order valence-electron chi connectivity index (χ4n) is 5.33. The third-order valence-corrected chi connectivity index (χ3v) is 11.9. The summed E-state index contributed by atoms with van der Waals surface area (Å²) in [5.74, 6) is 3.08. The summed E-state index contributed by atoms with van der Waals surface area (Å²) in [6.07, 6.45) is 9.44. The third kappa shape index (κ3) is 8.55. The third-order valence-electron chi connectivity index (χ3n) is 7.83. The van der Waals surface area contributed by atoms with Gasteiger partial charge in [0.2, 0.25) is 0 Å². The van der Waals surface area contributed by atoms with Crippen LogP contribution in [0.5, 0.6) is 0 Å². The van der Waals surface area contributed by atoms with Crippen LogP contribution in [0.3, 0.4) is 0 Å². The molecule has 4 rings (SSSR count). The van der Waals surface area contributed by atoms with Gasteiger partial charge in [0.25, 0.3) is 0 Å². The lowest BCUT2D eigenvalue weighted by Crippen LogP contribution is -2.46. The summed E-state index contributed by atoms with van der Waals surface area (Å²) in [5, 5.41) is 0.